The Balaban J connectivity index is 2.12. The van der Waals surface area contributed by atoms with Gasteiger partial charge in [-0.15, -0.1) is 0 Å². The molecule has 0 saturated heterocycles. The Bertz CT molecular complexity index is 356. The van der Waals surface area contributed by atoms with Crippen LogP contribution in [0.15, 0.2) is 23.8 Å². The molecule has 100 valence electrons. The van der Waals surface area contributed by atoms with Gasteiger partial charge in [0.05, 0.1) is 0 Å². The van der Waals surface area contributed by atoms with Crippen LogP contribution in [0.5, 0.6) is 0 Å². The third-order valence-corrected chi connectivity index (χ3v) is 2.73. The molecule has 0 aromatic carbocycles. The van der Waals surface area contributed by atoms with Crippen molar-refractivity contribution >= 4 is 11.9 Å². The fourth-order valence-electron chi connectivity index (χ4n) is 1.55. The zero-order valence-corrected chi connectivity index (χ0v) is 11.1. The molecule has 1 aliphatic rings. The van der Waals surface area contributed by atoms with Crippen molar-refractivity contribution in [1.82, 2.24) is 5.32 Å². The van der Waals surface area contributed by atoms with E-state index in [2.05, 4.69) is 17.5 Å². The van der Waals surface area contributed by atoms with E-state index in [0.29, 0.717) is 19.6 Å². The summed E-state index contributed by atoms with van der Waals surface area (Å²) in [5.41, 5.74) is 1.02. The van der Waals surface area contributed by atoms with Crippen LogP contribution in [0, 0.1) is 5.92 Å². The van der Waals surface area contributed by atoms with E-state index in [-0.39, 0.29) is 11.7 Å². The van der Waals surface area contributed by atoms with Crippen molar-refractivity contribution < 1.29 is 14.3 Å². The Morgan fingerprint density at radius 3 is 2.78 bits per heavy atom. The van der Waals surface area contributed by atoms with Crippen LogP contribution >= 0.6 is 0 Å². The first-order valence-corrected chi connectivity index (χ1v) is 6.38. The summed E-state index contributed by atoms with van der Waals surface area (Å²) in [6.45, 7) is 4.33. The number of nitrogens with one attached hydrogen (secondary N) is 1. The molecule has 0 saturated carbocycles. The lowest BCUT2D eigenvalue weighted by Crippen LogP contribution is -2.28. The number of hydrogen-bond acceptors (Lipinski definition) is 3. The van der Waals surface area contributed by atoms with Gasteiger partial charge in [0.25, 0.3) is 0 Å². The van der Waals surface area contributed by atoms with E-state index in [4.69, 9.17) is 4.74 Å². The van der Waals surface area contributed by atoms with Crippen LogP contribution < -0.4 is 5.32 Å². The van der Waals surface area contributed by atoms with Crippen molar-refractivity contribution in [3.63, 3.8) is 0 Å². The first-order chi connectivity index (χ1) is 8.59. The molecular weight excluding hydrogens is 230 g/mol. The Labute approximate surface area is 108 Å². The van der Waals surface area contributed by atoms with Gasteiger partial charge >= 0.3 is 6.09 Å². The summed E-state index contributed by atoms with van der Waals surface area (Å²) in [5.74, 6) is 0.161. The zero-order chi connectivity index (χ0) is 13.4. The summed E-state index contributed by atoms with van der Waals surface area (Å²) < 4.78 is 5.04. The Hall–Kier alpha value is -1.58. The third kappa shape index (κ3) is 5.66. The molecule has 4 heteroatoms. The van der Waals surface area contributed by atoms with Gasteiger partial charge in [-0.05, 0) is 18.4 Å². The molecule has 0 fully saturated rings. The molecule has 4 nitrogen and oxygen atoms in total. The molecule has 0 aromatic heterocycles. The van der Waals surface area contributed by atoms with Crippen molar-refractivity contribution in [2.75, 3.05) is 13.2 Å². The number of carbonyl (C=O) groups excluding carboxylic acids is 2. The fourth-order valence-corrected chi connectivity index (χ4v) is 1.55. The normalized spacial score (nSPS) is 14.3. The van der Waals surface area contributed by atoms with Gasteiger partial charge in [-0.2, -0.15) is 0 Å². The Morgan fingerprint density at radius 1 is 1.39 bits per heavy atom. The van der Waals surface area contributed by atoms with E-state index >= 15 is 0 Å². The molecule has 0 atom stereocenters. The zero-order valence-electron chi connectivity index (χ0n) is 11.1. The Morgan fingerprint density at radius 2 is 2.17 bits per heavy atom. The maximum Gasteiger partial charge on any atom is 0.407 e. The summed E-state index contributed by atoms with van der Waals surface area (Å²) in [6, 6.07) is 0. The second kappa shape index (κ2) is 7.69. The topological polar surface area (TPSA) is 55.4 Å². The maximum atomic E-state index is 11.3. The van der Waals surface area contributed by atoms with Crippen LogP contribution in [-0.2, 0) is 9.53 Å². The summed E-state index contributed by atoms with van der Waals surface area (Å²) in [5, 5.41) is 2.57. The molecule has 1 N–H and O–H groups in total. The van der Waals surface area contributed by atoms with E-state index in [9.17, 15) is 9.59 Å². The number of amides is 1. The van der Waals surface area contributed by atoms with Crippen LogP contribution in [-0.4, -0.2) is 25.0 Å². The van der Waals surface area contributed by atoms with Crippen LogP contribution in [0.3, 0.4) is 0 Å². The largest absolute Gasteiger partial charge is 0.445 e. The third-order valence-electron chi connectivity index (χ3n) is 2.73. The van der Waals surface area contributed by atoms with Crippen molar-refractivity contribution in [2.24, 2.45) is 5.92 Å². The summed E-state index contributed by atoms with van der Waals surface area (Å²) >= 11 is 0. The number of hydrogen-bond donors (Lipinski definition) is 1. The minimum absolute atomic E-state index is 0.0142. The average Bonchev–Trinajstić information content (AvgIpc) is 2.37. The average molecular weight is 251 g/mol. The number of rotatable bonds is 6. The number of ketones is 1. The van der Waals surface area contributed by atoms with Gasteiger partial charge in [-0.3, -0.25) is 4.79 Å². The highest BCUT2D eigenvalue weighted by Crippen LogP contribution is 2.09. The summed E-state index contributed by atoms with van der Waals surface area (Å²) in [6.07, 6.45) is 8.04. The van der Waals surface area contributed by atoms with Crippen LogP contribution in [0.25, 0.3) is 0 Å². The molecule has 1 amide bonds. The van der Waals surface area contributed by atoms with E-state index in [1.54, 1.807) is 0 Å². The first kappa shape index (κ1) is 14.5. The fraction of sp³-hybridized carbons (Fsp3) is 0.571. The van der Waals surface area contributed by atoms with E-state index in [1.165, 1.54) is 0 Å². The summed E-state index contributed by atoms with van der Waals surface area (Å²) in [4.78, 5) is 22.7. The van der Waals surface area contributed by atoms with Gasteiger partial charge in [-0.25, -0.2) is 4.79 Å². The lowest BCUT2D eigenvalue weighted by Gasteiger charge is -2.09. The molecule has 0 aromatic rings. The lowest BCUT2D eigenvalue weighted by molar-refractivity contribution is -0.121. The second-order valence-electron chi connectivity index (χ2n) is 4.63. The SMILES string of the molecule is CC(C)C(=O)CCNC(=O)OCC1=CCCC=C1. The van der Waals surface area contributed by atoms with Crippen molar-refractivity contribution in [1.29, 1.82) is 0 Å². The number of allylic oxidation sites excluding steroid dienone is 2. The Kier molecular flexibility index (Phi) is 6.19. The van der Waals surface area contributed by atoms with Crippen molar-refractivity contribution in [3.8, 4) is 0 Å². The van der Waals surface area contributed by atoms with Gasteiger partial charge in [0, 0.05) is 18.9 Å². The summed E-state index contributed by atoms with van der Waals surface area (Å²) in [7, 11) is 0. The molecule has 0 bridgehead atoms. The number of Topliss-reactive ketones (excluding diaryl/α,β-unsaturated/α-hetero) is 1. The van der Waals surface area contributed by atoms with Crippen LogP contribution in [0.1, 0.15) is 33.1 Å². The predicted molar refractivity (Wildman–Crippen MR) is 70.3 cm³/mol. The highest BCUT2D eigenvalue weighted by molar-refractivity contribution is 5.81. The smallest absolute Gasteiger partial charge is 0.407 e. The molecule has 18 heavy (non-hydrogen) atoms. The van der Waals surface area contributed by atoms with Gasteiger partial charge < -0.3 is 10.1 Å². The molecule has 1 rings (SSSR count). The quantitative estimate of drug-likeness (QED) is 0.789. The molecule has 0 heterocycles. The molecule has 0 aliphatic heterocycles. The van der Waals surface area contributed by atoms with Gasteiger partial charge in [0.1, 0.15) is 12.4 Å². The van der Waals surface area contributed by atoms with Crippen LogP contribution in [0.2, 0.25) is 0 Å². The van der Waals surface area contributed by atoms with Crippen molar-refractivity contribution in [2.45, 2.75) is 33.1 Å². The number of carbonyl (C=O) groups is 2. The van der Waals surface area contributed by atoms with Crippen molar-refractivity contribution in [3.05, 3.63) is 23.8 Å². The van der Waals surface area contributed by atoms with E-state index < -0.39 is 6.09 Å². The molecule has 1 aliphatic carbocycles. The molecule has 0 spiro atoms. The highest BCUT2D eigenvalue weighted by atomic mass is 16.5. The van der Waals surface area contributed by atoms with Gasteiger partial charge in [0.2, 0.25) is 0 Å². The van der Waals surface area contributed by atoms with E-state index in [0.717, 1.165) is 18.4 Å². The molecule has 0 radical (unpaired) electrons. The highest BCUT2D eigenvalue weighted by Gasteiger charge is 2.08. The minimum atomic E-state index is -0.466. The predicted octanol–water partition coefficient (Wildman–Crippen LogP) is 2.60. The lowest BCUT2D eigenvalue weighted by atomic mass is 10.1. The molecular formula is C14H21NO3. The first-order valence-electron chi connectivity index (χ1n) is 6.38. The van der Waals surface area contributed by atoms with Gasteiger partial charge in [-0.1, -0.05) is 32.1 Å². The second-order valence-corrected chi connectivity index (χ2v) is 4.63. The van der Waals surface area contributed by atoms with Crippen LogP contribution in [0.4, 0.5) is 4.79 Å². The van der Waals surface area contributed by atoms with Gasteiger partial charge in [0.15, 0.2) is 0 Å². The standard InChI is InChI=1S/C14H21NO3/c1-11(2)13(16)8-9-15-14(17)18-10-12-6-4-3-5-7-12/h4,6-7,11H,3,5,8-10H2,1-2H3,(H,15,17). The van der Waals surface area contributed by atoms with E-state index in [1.807, 2.05) is 19.9 Å². The monoisotopic (exact) mass is 251 g/mol. The maximum absolute atomic E-state index is 11.3. The number of ether oxygens (including phenoxy) is 1. The minimum Gasteiger partial charge on any atom is -0.445 e. The number of alkyl carbamates (subject to hydrolysis) is 1. The molecule has 0 unspecified atom stereocenters.